The average Bonchev–Trinajstić information content (AvgIpc) is 3.06. The maximum atomic E-state index is 5.98. The van der Waals surface area contributed by atoms with Crippen LogP contribution in [0.3, 0.4) is 0 Å². The molecular formula is C17H15N3S. The summed E-state index contributed by atoms with van der Waals surface area (Å²) in [6.07, 6.45) is 0. The number of nitrogens with two attached hydrogens (primary N) is 1. The van der Waals surface area contributed by atoms with Crippen molar-refractivity contribution in [2.45, 2.75) is 13.5 Å². The predicted octanol–water partition coefficient (Wildman–Crippen LogP) is 3.98. The van der Waals surface area contributed by atoms with E-state index >= 15 is 0 Å². The first-order valence-electron chi connectivity index (χ1n) is 6.92. The molecule has 4 heteroatoms. The van der Waals surface area contributed by atoms with Gasteiger partial charge in [0.05, 0.1) is 11.4 Å². The number of hydrogen-bond acceptors (Lipinski definition) is 3. The Balaban J connectivity index is 1.99. The van der Waals surface area contributed by atoms with Gasteiger partial charge < -0.3 is 5.73 Å². The van der Waals surface area contributed by atoms with Gasteiger partial charge in [-0.25, -0.2) is 4.98 Å². The molecule has 0 spiro atoms. The van der Waals surface area contributed by atoms with Gasteiger partial charge in [0.25, 0.3) is 0 Å². The van der Waals surface area contributed by atoms with E-state index in [9.17, 15) is 0 Å². The quantitative estimate of drug-likeness (QED) is 0.607. The maximum Gasteiger partial charge on any atom is 0.194 e. The summed E-state index contributed by atoms with van der Waals surface area (Å²) in [6.45, 7) is 2.58. The molecule has 0 bridgehead atoms. The minimum Gasteiger partial charge on any atom is -0.325 e. The number of fused-ring (bicyclic) bond motifs is 2. The van der Waals surface area contributed by atoms with Crippen LogP contribution in [0.2, 0.25) is 0 Å². The molecule has 2 heterocycles. The van der Waals surface area contributed by atoms with Crippen LogP contribution in [0.4, 0.5) is 0 Å². The molecule has 21 heavy (non-hydrogen) atoms. The Hall–Kier alpha value is -2.17. The number of benzene rings is 2. The van der Waals surface area contributed by atoms with E-state index in [1.807, 2.05) is 0 Å². The number of aryl methyl sites for hydroxylation is 1. The second-order valence-electron chi connectivity index (χ2n) is 5.17. The second kappa shape index (κ2) is 4.69. The Labute approximate surface area is 126 Å². The summed E-state index contributed by atoms with van der Waals surface area (Å²) in [5.74, 6) is 0. The van der Waals surface area contributed by atoms with E-state index in [1.165, 1.54) is 16.5 Å². The molecule has 0 saturated carbocycles. The van der Waals surface area contributed by atoms with Crippen molar-refractivity contribution >= 4 is 27.1 Å². The van der Waals surface area contributed by atoms with Crippen LogP contribution in [0.15, 0.2) is 47.8 Å². The van der Waals surface area contributed by atoms with E-state index in [-0.39, 0.29) is 0 Å². The lowest BCUT2D eigenvalue weighted by Crippen LogP contribution is -2.03. The monoisotopic (exact) mass is 293 g/mol. The lowest BCUT2D eigenvalue weighted by atomic mass is 10.0. The summed E-state index contributed by atoms with van der Waals surface area (Å²) in [7, 11) is 0. The normalized spacial score (nSPS) is 11.5. The smallest absolute Gasteiger partial charge is 0.194 e. The average molecular weight is 293 g/mol. The summed E-state index contributed by atoms with van der Waals surface area (Å²) in [4.78, 5) is 5.79. The van der Waals surface area contributed by atoms with Crippen LogP contribution in [0, 0.1) is 6.92 Å². The molecule has 4 aromatic rings. The summed E-state index contributed by atoms with van der Waals surface area (Å²) >= 11 is 1.66. The van der Waals surface area contributed by atoms with Gasteiger partial charge in [-0.05, 0) is 23.8 Å². The third-order valence-electron chi connectivity index (χ3n) is 3.85. The van der Waals surface area contributed by atoms with Crippen molar-refractivity contribution in [1.29, 1.82) is 0 Å². The number of hydrogen-bond donors (Lipinski definition) is 1. The molecule has 0 saturated heterocycles. The highest BCUT2D eigenvalue weighted by atomic mass is 32.1. The van der Waals surface area contributed by atoms with Gasteiger partial charge >= 0.3 is 0 Å². The van der Waals surface area contributed by atoms with Gasteiger partial charge in [-0.2, -0.15) is 0 Å². The van der Waals surface area contributed by atoms with Gasteiger partial charge in [0.15, 0.2) is 4.96 Å². The first-order chi connectivity index (χ1) is 10.3. The number of imidazole rings is 1. The second-order valence-corrected chi connectivity index (χ2v) is 6.00. The molecule has 0 aliphatic heterocycles. The zero-order valence-corrected chi connectivity index (χ0v) is 12.5. The molecule has 3 nitrogen and oxygen atoms in total. The zero-order chi connectivity index (χ0) is 14.4. The summed E-state index contributed by atoms with van der Waals surface area (Å²) in [6, 6.07) is 14.8. The van der Waals surface area contributed by atoms with Crippen LogP contribution in [-0.4, -0.2) is 9.38 Å². The van der Waals surface area contributed by atoms with Crippen LogP contribution >= 0.6 is 11.3 Å². The Morgan fingerprint density at radius 1 is 1.14 bits per heavy atom. The van der Waals surface area contributed by atoms with Crippen LogP contribution < -0.4 is 5.73 Å². The third-order valence-corrected chi connectivity index (χ3v) is 4.79. The number of rotatable bonds is 2. The first-order valence-corrected chi connectivity index (χ1v) is 7.80. The molecule has 0 amide bonds. The molecule has 0 unspecified atom stereocenters. The van der Waals surface area contributed by atoms with Crippen molar-refractivity contribution in [3.8, 4) is 11.3 Å². The van der Waals surface area contributed by atoms with Gasteiger partial charge in [-0.15, -0.1) is 11.3 Å². The van der Waals surface area contributed by atoms with Gasteiger partial charge in [0, 0.05) is 23.2 Å². The van der Waals surface area contributed by atoms with Gasteiger partial charge in [0.1, 0.15) is 0 Å². The number of thiazole rings is 1. The molecular weight excluding hydrogens is 278 g/mol. The Morgan fingerprint density at radius 2 is 1.95 bits per heavy atom. The van der Waals surface area contributed by atoms with Crippen LogP contribution in [-0.2, 0) is 6.54 Å². The van der Waals surface area contributed by atoms with Crippen molar-refractivity contribution in [1.82, 2.24) is 9.38 Å². The molecule has 2 aromatic heterocycles. The van der Waals surface area contributed by atoms with Gasteiger partial charge in [0.2, 0.25) is 0 Å². The standard InChI is InChI=1S/C17H15N3S/c1-11-10-21-17-19-16(15(9-18)20(11)17)14-7-6-12-4-2-3-5-13(12)8-14/h2-8,10H,9,18H2,1H3. The van der Waals surface area contributed by atoms with E-state index in [4.69, 9.17) is 10.7 Å². The summed E-state index contributed by atoms with van der Waals surface area (Å²) in [5.41, 5.74) is 10.4. The lowest BCUT2D eigenvalue weighted by Gasteiger charge is -2.05. The Bertz CT molecular complexity index is 949. The molecule has 0 aliphatic rings. The van der Waals surface area contributed by atoms with Gasteiger partial charge in [-0.1, -0.05) is 36.4 Å². The van der Waals surface area contributed by atoms with E-state index in [1.54, 1.807) is 11.3 Å². The topological polar surface area (TPSA) is 43.3 Å². The summed E-state index contributed by atoms with van der Waals surface area (Å²) in [5, 5.41) is 4.59. The Kier molecular flexibility index (Phi) is 2.80. The number of aromatic nitrogens is 2. The number of nitrogens with zero attached hydrogens (tertiary/aromatic N) is 2. The lowest BCUT2D eigenvalue weighted by molar-refractivity contribution is 0.946. The van der Waals surface area contributed by atoms with Crippen molar-refractivity contribution in [3.05, 3.63) is 59.2 Å². The maximum absolute atomic E-state index is 5.98. The van der Waals surface area contributed by atoms with Crippen molar-refractivity contribution < 1.29 is 0 Å². The molecule has 0 atom stereocenters. The van der Waals surface area contributed by atoms with Crippen molar-refractivity contribution in [3.63, 3.8) is 0 Å². The predicted molar refractivity (Wildman–Crippen MR) is 88.6 cm³/mol. The fraction of sp³-hybridized carbons (Fsp3) is 0.118. The van der Waals surface area contributed by atoms with Crippen molar-refractivity contribution in [2.75, 3.05) is 0 Å². The molecule has 104 valence electrons. The molecule has 2 aromatic carbocycles. The summed E-state index contributed by atoms with van der Waals surface area (Å²) < 4.78 is 2.16. The van der Waals surface area contributed by atoms with E-state index < -0.39 is 0 Å². The van der Waals surface area contributed by atoms with E-state index in [0.29, 0.717) is 6.54 Å². The minimum atomic E-state index is 0.487. The zero-order valence-electron chi connectivity index (χ0n) is 11.7. The Morgan fingerprint density at radius 3 is 2.76 bits per heavy atom. The van der Waals surface area contributed by atoms with E-state index in [2.05, 4.69) is 59.2 Å². The fourth-order valence-electron chi connectivity index (χ4n) is 2.82. The van der Waals surface area contributed by atoms with Crippen LogP contribution in [0.5, 0.6) is 0 Å². The van der Waals surface area contributed by atoms with Gasteiger partial charge in [-0.3, -0.25) is 4.40 Å². The highest BCUT2D eigenvalue weighted by Gasteiger charge is 2.15. The van der Waals surface area contributed by atoms with Crippen LogP contribution in [0.1, 0.15) is 11.4 Å². The van der Waals surface area contributed by atoms with Crippen molar-refractivity contribution in [2.24, 2.45) is 5.73 Å². The highest BCUT2D eigenvalue weighted by molar-refractivity contribution is 7.15. The SMILES string of the molecule is Cc1csc2nc(-c3ccc4ccccc4c3)c(CN)n12. The molecule has 4 rings (SSSR count). The molecule has 0 fully saturated rings. The van der Waals surface area contributed by atoms with E-state index in [0.717, 1.165) is 21.9 Å². The largest absolute Gasteiger partial charge is 0.325 e. The molecule has 0 radical (unpaired) electrons. The van der Waals surface area contributed by atoms with Crippen LogP contribution in [0.25, 0.3) is 27.0 Å². The highest BCUT2D eigenvalue weighted by Crippen LogP contribution is 2.30. The first kappa shape index (κ1) is 12.6. The third kappa shape index (κ3) is 1.87. The molecule has 0 aliphatic carbocycles. The molecule has 2 N–H and O–H groups in total. The fourth-order valence-corrected chi connectivity index (χ4v) is 3.71. The minimum absolute atomic E-state index is 0.487.